The van der Waals surface area contributed by atoms with Crippen molar-refractivity contribution < 1.29 is 0 Å². The summed E-state index contributed by atoms with van der Waals surface area (Å²) in [5.41, 5.74) is 11.5. The molecule has 2 nitrogen and oxygen atoms in total. The van der Waals surface area contributed by atoms with Gasteiger partial charge in [-0.1, -0.05) is 49.4 Å². The third-order valence-electron chi connectivity index (χ3n) is 3.99. The molecule has 0 aliphatic heterocycles. The molecule has 0 heterocycles. The van der Waals surface area contributed by atoms with Crippen molar-refractivity contribution in [2.24, 2.45) is 5.73 Å². The first kappa shape index (κ1) is 12.2. The maximum absolute atomic E-state index is 6.22. The van der Waals surface area contributed by atoms with Crippen LogP contribution in [0.4, 0.5) is 5.69 Å². The highest BCUT2D eigenvalue weighted by Crippen LogP contribution is 2.39. The van der Waals surface area contributed by atoms with Crippen LogP contribution in [0.1, 0.15) is 42.1 Å². The van der Waals surface area contributed by atoms with Crippen molar-refractivity contribution in [3.8, 4) is 0 Å². The zero-order chi connectivity index (χ0) is 13.2. The predicted octanol–water partition coefficient (Wildman–Crippen LogP) is 3.81. The summed E-state index contributed by atoms with van der Waals surface area (Å²) in [6, 6.07) is 17.5. The Morgan fingerprint density at radius 1 is 1.05 bits per heavy atom. The van der Waals surface area contributed by atoms with E-state index in [0.717, 1.165) is 12.8 Å². The van der Waals surface area contributed by atoms with E-state index in [9.17, 15) is 0 Å². The Kier molecular flexibility index (Phi) is 3.26. The van der Waals surface area contributed by atoms with Crippen molar-refractivity contribution in [1.82, 2.24) is 0 Å². The first-order valence-corrected chi connectivity index (χ1v) is 6.98. The van der Waals surface area contributed by atoms with Gasteiger partial charge in [0.1, 0.15) is 0 Å². The molecule has 2 atom stereocenters. The van der Waals surface area contributed by atoms with Crippen LogP contribution in [0.2, 0.25) is 0 Å². The van der Waals surface area contributed by atoms with Crippen molar-refractivity contribution in [2.75, 3.05) is 5.32 Å². The fourth-order valence-electron chi connectivity index (χ4n) is 2.97. The Hall–Kier alpha value is -1.80. The summed E-state index contributed by atoms with van der Waals surface area (Å²) in [5, 5.41) is 3.67. The van der Waals surface area contributed by atoms with Gasteiger partial charge in [0.15, 0.2) is 0 Å². The number of hydrogen-bond donors (Lipinski definition) is 2. The maximum Gasteiger partial charge on any atom is 0.0535 e. The van der Waals surface area contributed by atoms with Crippen molar-refractivity contribution in [2.45, 2.75) is 31.8 Å². The van der Waals surface area contributed by atoms with Gasteiger partial charge in [-0.3, -0.25) is 0 Å². The van der Waals surface area contributed by atoms with Gasteiger partial charge in [0, 0.05) is 11.7 Å². The lowest BCUT2D eigenvalue weighted by molar-refractivity contribution is 0.648. The van der Waals surface area contributed by atoms with Gasteiger partial charge in [-0.2, -0.15) is 0 Å². The number of rotatable bonds is 3. The van der Waals surface area contributed by atoms with Crippen molar-refractivity contribution in [3.63, 3.8) is 0 Å². The molecule has 2 aromatic rings. The van der Waals surface area contributed by atoms with Crippen LogP contribution in [0, 0.1) is 0 Å². The molecule has 0 amide bonds. The highest BCUT2D eigenvalue weighted by molar-refractivity contribution is 5.54. The quantitative estimate of drug-likeness (QED) is 0.871. The van der Waals surface area contributed by atoms with Crippen LogP contribution in [0.25, 0.3) is 0 Å². The first-order chi connectivity index (χ1) is 9.29. The number of benzene rings is 2. The third kappa shape index (κ3) is 2.24. The Labute approximate surface area is 114 Å². The molecule has 0 bridgehead atoms. The molecule has 98 valence electrons. The molecule has 1 aliphatic rings. The van der Waals surface area contributed by atoms with E-state index in [1.54, 1.807) is 0 Å². The second-order valence-electron chi connectivity index (χ2n) is 5.18. The molecule has 0 aromatic heterocycles. The minimum Gasteiger partial charge on any atom is -0.378 e. The predicted molar refractivity (Wildman–Crippen MR) is 80.2 cm³/mol. The second-order valence-corrected chi connectivity index (χ2v) is 5.18. The van der Waals surface area contributed by atoms with Gasteiger partial charge >= 0.3 is 0 Å². The monoisotopic (exact) mass is 252 g/mol. The molecule has 0 fully saturated rings. The van der Waals surface area contributed by atoms with Crippen LogP contribution in [0.15, 0.2) is 48.5 Å². The average Bonchev–Trinajstić information content (AvgIpc) is 2.77. The molecule has 0 saturated carbocycles. The van der Waals surface area contributed by atoms with E-state index < -0.39 is 0 Å². The largest absolute Gasteiger partial charge is 0.378 e. The van der Waals surface area contributed by atoms with Gasteiger partial charge in [-0.25, -0.2) is 0 Å². The molecule has 19 heavy (non-hydrogen) atoms. The number of nitrogens with two attached hydrogens (primary N) is 1. The van der Waals surface area contributed by atoms with Crippen LogP contribution in [-0.4, -0.2) is 0 Å². The summed E-state index contributed by atoms with van der Waals surface area (Å²) < 4.78 is 0. The van der Waals surface area contributed by atoms with Crippen LogP contribution in [-0.2, 0) is 6.42 Å². The van der Waals surface area contributed by atoms with Gasteiger partial charge in [-0.15, -0.1) is 0 Å². The van der Waals surface area contributed by atoms with E-state index in [4.69, 9.17) is 5.73 Å². The normalized spacial score (nSPS) is 21.2. The first-order valence-electron chi connectivity index (χ1n) is 6.98. The summed E-state index contributed by atoms with van der Waals surface area (Å²) in [5.74, 6) is 0. The van der Waals surface area contributed by atoms with E-state index in [1.807, 2.05) is 0 Å². The van der Waals surface area contributed by atoms with Crippen LogP contribution in [0.5, 0.6) is 0 Å². The highest BCUT2D eigenvalue weighted by Gasteiger charge is 2.28. The second kappa shape index (κ2) is 5.06. The van der Waals surface area contributed by atoms with Crippen LogP contribution in [0.3, 0.4) is 0 Å². The molecule has 0 saturated heterocycles. The summed E-state index contributed by atoms with van der Waals surface area (Å²) >= 11 is 0. The zero-order valence-corrected chi connectivity index (χ0v) is 11.3. The number of fused-ring (bicyclic) bond motifs is 1. The topological polar surface area (TPSA) is 38.0 Å². The zero-order valence-electron chi connectivity index (χ0n) is 11.3. The highest BCUT2D eigenvalue weighted by atomic mass is 14.9. The third-order valence-corrected chi connectivity index (χ3v) is 3.99. The van der Waals surface area contributed by atoms with E-state index >= 15 is 0 Å². The number of para-hydroxylation sites is 1. The minimum atomic E-state index is 0.155. The summed E-state index contributed by atoms with van der Waals surface area (Å²) in [7, 11) is 0. The Morgan fingerprint density at radius 3 is 2.53 bits per heavy atom. The SMILES string of the molecule is CCc1ccccc1NC1CC(N)c2ccccc21. The molecule has 3 rings (SSSR count). The molecule has 2 aromatic carbocycles. The van der Waals surface area contributed by atoms with Gasteiger partial charge in [0.25, 0.3) is 0 Å². The molecular weight excluding hydrogens is 232 g/mol. The average molecular weight is 252 g/mol. The van der Waals surface area contributed by atoms with Gasteiger partial charge < -0.3 is 11.1 Å². The minimum absolute atomic E-state index is 0.155. The van der Waals surface area contributed by atoms with Crippen LogP contribution >= 0.6 is 0 Å². The lowest BCUT2D eigenvalue weighted by Gasteiger charge is -2.18. The molecule has 0 spiro atoms. The van der Waals surface area contributed by atoms with Gasteiger partial charge in [0.05, 0.1) is 6.04 Å². The number of anilines is 1. The standard InChI is InChI=1S/C17H20N2/c1-2-12-7-3-6-10-16(12)19-17-11-15(18)13-8-4-5-9-14(13)17/h3-10,15,17,19H,2,11,18H2,1H3. The number of nitrogens with one attached hydrogen (secondary N) is 1. The molecule has 2 heteroatoms. The fraction of sp³-hybridized carbons (Fsp3) is 0.294. The van der Waals surface area contributed by atoms with Gasteiger partial charge in [-0.05, 0) is 35.6 Å². The lowest BCUT2D eigenvalue weighted by atomic mass is 10.1. The fourth-order valence-corrected chi connectivity index (χ4v) is 2.97. The molecule has 2 unspecified atom stereocenters. The molecule has 1 aliphatic carbocycles. The van der Waals surface area contributed by atoms with E-state index in [-0.39, 0.29) is 6.04 Å². The van der Waals surface area contributed by atoms with E-state index in [2.05, 4.69) is 60.8 Å². The molecule has 3 N–H and O–H groups in total. The molecular formula is C17H20N2. The Balaban J connectivity index is 1.89. The summed E-state index contributed by atoms with van der Waals surface area (Å²) in [6.45, 7) is 2.19. The maximum atomic E-state index is 6.22. The number of aryl methyl sites for hydroxylation is 1. The lowest BCUT2D eigenvalue weighted by Crippen LogP contribution is -2.11. The van der Waals surface area contributed by atoms with Crippen molar-refractivity contribution >= 4 is 5.69 Å². The number of hydrogen-bond acceptors (Lipinski definition) is 2. The van der Waals surface area contributed by atoms with Crippen molar-refractivity contribution in [1.29, 1.82) is 0 Å². The van der Waals surface area contributed by atoms with E-state index in [0.29, 0.717) is 6.04 Å². The van der Waals surface area contributed by atoms with Gasteiger partial charge in [0.2, 0.25) is 0 Å². The molecule has 0 radical (unpaired) electrons. The smallest absolute Gasteiger partial charge is 0.0535 e. The van der Waals surface area contributed by atoms with Crippen molar-refractivity contribution in [3.05, 3.63) is 65.2 Å². The Morgan fingerprint density at radius 2 is 1.74 bits per heavy atom. The summed E-state index contributed by atoms with van der Waals surface area (Å²) in [4.78, 5) is 0. The summed E-state index contributed by atoms with van der Waals surface area (Å²) in [6.07, 6.45) is 2.01. The van der Waals surface area contributed by atoms with Crippen LogP contribution < -0.4 is 11.1 Å². The Bertz CT molecular complexity index is 577. The van der Waals surface area contributed by atoms with E-state index in [1.165, 1.54) is 22.4 Å².